The Hall–Kier alpha value is -0.0800. The zero-order chi connectivity index (χ0) is 9.19. The van der Waals surface area contributed by atoms with Crippen LogP contribution in [0.2, 0.25) is 0 Å². The summed E-state index contributed by atoms with van der Waals surface area (Å²) in [4.78, 5) is 2.38. The van der Waals surface area contributed by atoms with Crippen molar-refractivity contribution >= 4 is 0 Å². The predicted molar refractivity (Wildman–Crippen MR) is 51.3 cm³/mol. The molecule has 1 aliphatic rings. The summed E-state index contributed by atoms with van der Waals surface area (Å²) in [7, 11) is 4.37. The van der Waals surface area contributed by atoms with Crippen molar-refractivity contribution in [1.29, 1.82) is 0 Å². The highest BCUT2D eigenvalue weighted by molar-refractivity contribution is 4.92. The number of hydrogen-bond donors (Lipinski definition) is 0. The summed E-state index contributed by atoms with van der Waals surface area (Å²) in [5, 5.41) is 0. The van der Waals surface area contributed by atoms with Crippen LogP contribution in [0.3, 0.4) is 0 Å². The van der Waals surface area contributed by atoms with Crippen LogP contribution in [0.4, 0.5) is 0 Å². The van der Waals surface area contributed by atoms with Gasteiger partial charge in [0.15, 0.2) is 0 Å². The van der Waals surface area contributed by atoms with E-state index in [0.717, 1.165) is 19.1 Å². The maximum atomic E-state index is 5.40. The Labute approximate surface area is 75.9 Å². The third kappa shape index (κ3) is 1.64. The van der Waals surface area contributed by atoms with Crippen molar-refractivity contribution in [1.82, 2.24) is 4.90 Å². The lowest BCUT2D eigenvalue weighted by Crippen LogP contribution is -2.52. The topological polar surface area (TPSA) is 12.5 Å². The molecule has 0 radical (unpaired) electrons. The van der Waals surface area contributed by atoms with Gasteiger partial charge < -0.3 is 9.64 Å². The minimum absolute atomic E-state index is 0.387. The summed E-state index contributed by atoms with van der Waals surface area (Å²) in [6, 6.07) is 0. The Morgan fingerprint density at radius 1 is 1.17 bits per heavy atom. The predicted octanol–water partition coefficient (Wildman–Crippen LogP) is 1.75. The molecule has 0 amide bonds. The summed E-state index contributed by atoms with van der Waals surface area (Å²) in [5.41, 5.74) is 0.387. The van der Waals surface area contributed by atoms with Crippen LogP contribution in [0.25, 0.3) is 0 Å². The average molecular weight is 171 g/mol. The summed E-state index contributed by atoms with van der Waals surface area (Å²) < 4.78 is 5.40. The standard InChI is InChI=1S/C10H21NO/c1-9(2)10(11(3)4)5-7-12-8-6-10/h9H,5-8H2,1-4H3. The van der Waals surface area contributed by atoms with Crippen molar-refractivity contribution in [2.24, 2.45) is 5.92 Å². The summed E-state index contributed by atoms with van der Waals surface area (Å²) in [6.45, 7) is 6.48. The minimum atomic E-state index is 0.387. The molecule has 0 atom stereocenters. The van der Waals surface area contributed by atoms with E-state index in [4.69, 9.17) is 4.74 Å². The van der Waals surface area contributed by atoms with Gasteiger partial charge in [-0.3, -0.25) is 0 Å². The number of hydrogen-bond acceptors (Lipinski definition) is 2. The maximum Gasteiger partial charge on any atom is 0.0483 e. The zero-order valence-corrected chi connectivity index (χ0v) is 8.76. The zero-order valence-electron chi connectivity index (χ0n) is 8.76. The summed E-state index contributed by atoms with van der Waals surface area (Å²) in [6.07, 6.45) is 2.36. The fraction of sp³-hybridized carbons (Fsp3) is 1.00. The van der Waals surface area contributed by atoms with Crippen molar-refractivity contribution in [3.05, 3.63) is 0 Å². The second-order valence-corrected chi connectivity index (χ2v) is 4.27. The molecule has 1 rings (SSSR count). The molecule has 0 spiro atoms. The van der Waals surface area contributed by atoms with Crippen molar-refractivity contribution in [3.63, 3.8) is 0 Å². The van der Waals surface area contributed by atoms with Crippen LogP contribution in [0, 0.1) is 5.92 Å². The molecule has 0 aliphatic carbocycles. The largest absolute Gasteiger partial charge is 0.381 e. The van der Waals surface area contributed by atoms with Crippen molar-refractivity contribution in [2.75, 3.05) is 27.3 Å². The Morgan fingerprint density at radius 2 is 1.67 bits per heavy atom. The smallest absolute Gasteiger partial charge is 0.0483 e. The third-order valence-electron chi connectivity index (χ3n) is 3.32. The fourth-order valence-electron chi connectivity index (χ4n) is 2.27. The quantitative estimate of drug-likeness (QED) is 0.627. The van der Waals surface area contributed by atoms with Crippen molar-refractivity contribution < 1.29 is 4.74 Å². The average Bonchev–Trinajstić information content (AvgIpc) is 2.05. The van der Waals surface area contributed by atoms with E-state index in [1.165, 1.54) is 12.8 Å². The lowest BCUT2D eigenvalue weighted by molar-refractivity contribution is -0.0324. The first kappa shape index (κ1) is 10.0. The lowest BCUT2D eigenvalue weighted by atomic mass is 9.78. The normalized spacial score (nSPS) is 23.5. The molecule has 0 N–H and O–H groups in total. The van der Waals surface area contributed by atoms with Crippen molar-refractivity contribution in [3.8, 4) is 0 Å². The SMILES string of the molecule is CC(C)C1(N(C)C)CCOCC1. The van der Waals surface area contributed by atoms with Crippen LogP contribution < -0.4 is 0 Å². The van der Waals surface area contributed by atoms with E-state index >= 15 is 0 Å². The molecular formula is C10H21NO. The monoisotopic (exact) mass is 171 g/mol. The molecule has 12 heavy (non-hydrogen) atoms. The van der Waals surface area contributed by atoms with Gasteiger partial charge in [0.2, 0.25) is 0 Å². The van der Waals surface area contributed by atoms with E-state index in [-0.39, 0.29) is 0 Å². The molecule has 0 aromatic carbocycles. The lowest BCUT2D eigenvalue weighted by Gasteiger charge is -2.46. The highest BCUT2D eigenvalue weighted by atomic mass is 16.5. The molecule has 1 aliphatic heterocycles. The van der Waals surface area contributed by atoms with Crippen LogP contribution >= 0.6 is 0 Å². The van der Waals surface area contributed by atoms with Gasteiger partial charge in [0, 0.05) is 18.8 Å². The van der Waals surface area contributed by atoms with Crippen LogP contribution in [-0.2, 0) is 4.74 Å². The molecule has 2 nitrogen and oxygen atoms in total. The van der Waals surface area contributed by atoms with Gasteiger partial charge in [-0.05, 0) is 32.9 Å². The molecule has 72 valence electrons. The molecule has 1 fully saturated rings. The van der Waals surface area contributed by atoms with Gasteiger partial charge in [0.05, 0.1) is 0 Å². The molecule has 2 heteroatoms. The molecule has 1 heterocycles. The molecule has 0 unspecified atom stereocenters. The number of nitrogens with zero attached hydrogens (tertiary/aromatic N) is 1. The molecule has 1 saturated heterocycles. The first-order valence-electron chi connectivity index (χ1n) is 4.85. The Bertz CT molecular complexity index is 127. The van der Waals surface area contributed by atoms with E-state index in [9.17, 15) is 0 Å². The van der Waals surface area contributed by atoms with E-state index in [1.807, 2.05) is 0 Å². The molecule has 0 bridgehead atoms. The van der Waals surface area contributed by atoms with Gasteiger partial charge in [-0.1, -0.05) is 13.8 Å². The van der Waals surface area contributed by atoms with Gasteiger partial charge in [-0.2, -0.15) is 0 Å². The van der Waals surface area contributed by atoms with E-state index in [0.29, 0.717) is 5.54 Å². The minimum Gasteiger partial charge on any atom is -0.381 e. The molecule has 0 saturated carbocycles. The van der Waals surface area contributed by atoms with Gasteiger partial charge in [-0.25, -0.2) is 0 Å². The van der Waals surface area contributed by atoms with Gasteiger partial charge in [-0.15, -0.1) is 0 Å². The van der Waals surface area contributed by atoms with Gasteiger partial charge in [0.25, 0.3) is 0 Å². The van der Waals surface area contributed by atoms with E-state index in [2.05, 4.69) is 32.8 Å². The maximum absolute atomic E-state index is 5.40. The second-order valence-electron chi connectivity index (χ2n) is 4.27. The Balaban J connectivity index is 2.70. The highest BCUT2D eigenvalue weighted by Gasteiger charge is 2.37. The summed E-state index contributed by atoms with van der Waals surface area (Å²) >= 11 is 0. The van der Waals surface area contributed by atoms with Crippen LogP contribution in [-0.4, -0.2) is 37.7 Å². The van der Waals surface area contributed by atoms with Gasteiger partial charge >= 0.3 is 0 Å². The van der Waals surface area contributed by atoms with Gasteiger partial charge in [0.1, 0.15) is 0 Å². The molecule has 0 aromatic heterocycles. The fourth-order valence-corrected chi connectivity index (χ4v) is 2.27. The Kier molecular flexibility index (Phi) is 3.13. The van der Waals surface area contributed by atoms with Crippen LogP contribution in [0.5, 0.6) is 0 Å². The molecule has 0 aromatic rings. The highest BCUT2D eigenvalue weighted by Crippen LogP contribution is 2.32. The first-order valence-corrected chi connectivity index (χ1v) is 4.85. The van der Waals surface area contributed by atoms with E-state index in [1.54, 1.807) is 0 Å². The number of ether oxygens (including phenoxy) is 1. The summed E-state index contributed by atoms with van der Waals surface area (Å²) in [5.74, 6) is 0.719. The van der Waals surface area contributed by atoms with Crippen molar-refractivity contribution in [2.45, 2.75) is 32.2 Å². The third-order valence-corrected chi connectivity index (χ3v) is 3.32. The number of rotatable bonds is 2. The van der Waals surface area contributed by atoms with E-state index < -0.39 is 0 Å². The van der Waals surface area contributed by atoms with Crippen LogP contribution in [0.15, 0.2) is 0 Å². The second kappa shape index (κ2) is 3.75. The first-order chi connectivity index (χ1) is 5.59. The Morgan fingerprint density at radius 3 is 1.92 bits per heavy atom. The van der Waals surface area contributed by atoms with Crippen LogP contribution in [0.1, 0.15) is 26.7 Å². The molecular weight excluding hydrogens is 150 g/mol.